The van der Waals surface area contributed by atoms with Crippen LogP contribution in [0.5, 0.6) is 11.8 Å². The molecule has 1 heterocycles. The van der Waals surface area contributed by atoms with Gasteiger partial charge in [0.2, 0.25) is 11.8 Å². The largest absolute Gasteiger partial charge is 0.492 e. The summed E-state index contributed by atoms with van der Waals surface area (Å²) in [5.74, 6) is -1.44. The fourth-order valence-corrected chi connectivity index (χ4v) is 2.50. The van der Waals surface area contributed by atoms with E-state index < -0.39 is 5.97 Å². The molecule has 0 fully saturated rings. The number of carbonyl (C=O) groups is 2. The smallest absolute Gasteiger partial charge is 0.337 e. The number of aromatic hydroxyl groups is 2. The van der Waals surface area contributed by atoms with E-state index in [0.29, 0.717) is 16.0 Å². The molecule has 0 bridgehead atoms. The third kappa shape index (κ3) is 4.61. The summed E-state index contributed by atoms with van der Waals surface area (Å²) in [5, 5.41) is 24.4. The van der Waals surface area contributed by atoms with Crippen molar-refractivity contribution in [2.45, 2.75) is 13.3 Å². The molecule has 0 aliphatic heterocycles. The van der Waals surface area contributed by atoms with E-state index in [-0.39, 0.29) is 24.2 Å². The lowest BCUT2D eigenvalue weighted by molar-refractivity contribution is -0.144. The lowest BCUT2D eigenvalue weighted by atomic mass is 10.1. The summed E-state index contributed by atoms with van der Waals surface area (Å²) in [4.78, 5) is 28.9. The van der Waals surface area contributed by atoms with Gasteiger partial charge in [-0.05, 0) is 36.2 Å². The van der Waals surface area contributed by atoms with Gasteiger partial charge < -0.3 is 25.7 Å². The molecule has 0 unspecified atom stereocenters. The molecule has 0 atom stereocenters. The minimum Gasteiger partial charge on any atom is -0.492 e. The Hall–Kier alpha value is -3.94. The number of benzene rings is 2. The molecule has 0 aliphatic rings. The molecule has 0 spiro atoms. The molecule has 8 nitrogen and oxygen atoms in total. The van der Waals surface area contributed by atoms with Crippen molar-refractivity contribution in [1.82, 2.24) is 4.73 Å². The summed E-state index contributed by atoms with van der Waals surface area (Å²) < 4.78 is 0.633. The Morgan fingerprint density at radius 3 is 2.21 bits per heavy atom. The van der Waals surface area contributed by atoms with Crippen LogP contribution in [-0.4, -0.2) is 26.9 Å². The number of aromatic nitrogens is 1. The minimum absolute atomic E-state index is 0.0766. The van der Waals surface area contributed by atoms with Gasteiger partial charge in [0.25, 0.3) is 0 Å². The zero-order valence-electron chi connectivity index (χ0n) is 15.0. The first-order valence-electron chi connectivity index (χ1n) is 8.46. The van der Waals surface area contributed by atoms with Gasteiger partial charge >= 0.3 is 12.0 Å². The normalized spacial score (nSPS) is 10.3. The van der Waals surface area contributed by atoms with Crippen LogP contribution in [0.15, 0.2) is 60.7 Å². The minimum atomic E-state index is -0.667. The van der Waals surface area contributed by atoms with E-state index in [1.54, 1.807) is 24.3 Å². The van der Waals surface area contributed by atoms with Crippen molar-refractivity contribution in [2.24, 2.45) is 0 Å². The number of para-hydroxylation sites is 1. The van der Waals surface area contributed by atoms with Crippen molar-refractivity contribution < 1.29 is 24.6 Å². The summed E-state index contributed by atoms with van der Waals surface area (Å²) in [6.07, 6.45) is -0.0766. The SMILES string of the molecule is Cc1ccccc1NC(=O)Nc1ccc(CC(=O)On2c(O)ccc2O)cc1. The summed E-state index contributed by atoms with van der Waals surface area (Å²) in [6, 6.07) is 16.1. The van der Waals surface area contributed by atoms with Crippen LogP contribution in [0.4, 0.5) is 16.2 Å². The number of carbonyl (C=O) groups excluding carboxylic acids is 2. The van der Waals surface area contributed by atoms with E-state index in [9.17, 15) is 19.8 Å². The quantitative estimate of drug-likeness (QED) is 0.543. The van der Waals surface area contributed by atoms with Crippen LogP contribution in [0.2, 0.25) is 0 Å². The van der Waals surface area contributed by atoms with Gasteiger partial charge in [-0.25, -0.2) is 9.59 Å². The van der Waals surface area contributed by atoms with Crippen LogP contribution in [0, 0.1) is 6.92 Å². The van der Waals surface area contributed by atoms with Crippen LogP contribution in [-0.2, 0) is 11.2 Å². The average molecular weight is 381 g/mol. The Morgan fingerprint density at radius 2 is 1.57 bits per heavy atom. The van der Waals surface area contributed by atoms with Crippen LogP contribution >= 0.6 is 0 Å². The molecule has 0 saturated heterocycles. The first-order chi connectivity index (χ1) is 13.4. The molecule has 2 amide bonds. The topological polar surface area (TPSA) is 113 Å². The number of aryl methyl sites for hydroxylation is 1. The van der Waals surface area contributed by atoms with Gasteiger partial charge in [0.1, 0.15) is 0 Å². The average Bonchev–Trinajstić information content (AvgIpc) is 2.97. The van der Waals surface area contributed by atoms with E-state index in [4.69, 9.17) is 4.84 Å². The highest BCUT2D eigenvalue weighted by atomic mass is 16.7. The van der Waals surface area contributed by atoms with Crippen molar-refractivity contribution in [1.29, 1.82) is 0 Å². The number of urea groups is 1. The van der Waals surface area contributed by atoms with Crippen molar-refractivity contribution in [3.8, 4) is 11.8 Å². The van der Waals surface area contributed by atoms with E-state index in [1.165, 1.54) is 12.1 Å². The lowest BCUT2D eigenvalue weighted by Crippen LogP contribution is -2.21. The molecule has 0 saturated carbocycles. The third-order valence-electron chi connectivity index (χ3n) is 3.94. The van der Waals surface area contributed by atoms with Gasteiger partial charge in [-0.3, -0.25) is 0 Å². The monoisotopic (exact) mass is 381 g/mol. The first-order valence-corrected chi connectivity index (χ1v) is 8.46. The Labute approximate surface area is 161 Å². The maximum atomic E-state index is 12.1. The molecule has 3 rings (SSSR count). The second kappa shape index (κ2) is 8.17. The molecule has 28 heavy (non-hydrogen) atoms. The van der Waals surface area contributed by atoms with Gasteiger partial charge in [0, 0.05) is 23.5 Å². The molecule has 144 valence electrons. The third-order valence-corrected chi connectivity index (χ3v) is 3.94. The summed E-state index contributed by atoms with van der Waals surface area (Å²) >= 11 is 0. The van der Waals surface area contributed by atoms with Crippen molar-refractivity contribution in [3.05, 3.63) is 71.8 Å². The Morgan fingerprint density at radius 1 is 0.929 bits per heavy atom. The highest BCUT2D eigenvalue weighted by Gasteiger charge is 2.13. The second-order valence-electron chi connectivity index (χ2n) is 6.08. The number of anilines is 2. The predicted octanol–water partition coefficient (Wildman–Crippen LogP) is 3.05. The number of hydrogen-bond acceptors (Lipinski definition) is 5. The summed E-state index contributed by atoms with van der Waals surface area (Å²) in [5.41, 5.74) is 2.87. The Balaban J connectivity index is 1.55. The van der Waals surface area contributed by atoms with Crippen molar-refractivity contribution >= 4 is 23.4 Å². The summed E-state index contributed by atoms with van der Waals surface area (Å²) in [6.45, 7) is 1.90. The molecule has 1 aromatic heterocycles. The molecule has 2 aromatic carbocycles. The standard InChI is InChI=1S/C20H19N3O5/c1-13-4-2-3-5-16(13)22-20(27)21-15-8-6-14(7-9-15)12-19(26)28-23-17(24)10-11-18(23)25/h2-11,24-25H,12H2,1H3,(H2,21,22,27). The molecule has 0 aliphatic carbocycles. The van der Waals surface area contributed by atoms with E-state index in [1.807, 2.05) is 31.2 Å². The summed E-state index contributed by atoms with van der Waals surface area (Å²) in [7, 11) is 0. The molecule has 4 N–H and O–H groups in total. The highest BCUT2D eigenvalue weighted by molar-refractivity contribution is 6.00. The Bertz CT molecular complexity index is 976. The number of amides is 2. The molecular formula is C20H19N3O5. The number of hydrogen-bond donors (Lipinski definition) is 4. The number of nitrogens with zero attached hydrogens (tertiary/aromatic N) is 1. The van der Waals surface area contributed by atoms with Gasteiger partial charge in [0.15, 0.2) is 0 Å². The van der Waals surface area contributed by atoms with E-state index >= 15 is 0 Å². The fourth-order valence-electron chi connectivity index (χ4n) is 2.50. The lowest BCUT2D eigenvalue weighted by Gasteiger charge is -2.10. The molecule has 8 heteroatoms. The van der Waals surface area contributed by atoms with Crippen LogP contribution < -0.4 is 15.5 Å². The predicted molar refractivity (Wildman–Crippen MR) is 103 cm³/mol. The van der Waals surface area contributed by atoms with Crippen LogP contribution in [0.3, 0.4) is 0 Å². The second-order valence-corrected chi connectivity index (χ2v) is 6.08. The van der Waals surface area contributed by atoms with Gasteiger partial charge in [-0.15, -0.1) is 4.73 Å². The highest BCUT2D eigenvalue weighted by Crippen LogP contribution is 2.19. The number of nitrogens with one attached hydrogen (secondary N) is 2. The Kier molecular flexibility index (Phi) is 5.50. The number of rotatable bonds is 5. The van der Waals surface area contributed by atoms with Gasteiger partial charge in [-0.1, -0.05) is 30.3 Å². The zero-order chi connectivity index (χ0) is 20.1. The first kappa shape index (κ1) is 18.8. The van der Waals surface area contributed by atoms with Crippen molar-refractivity contribution in [2.75, 3.05) is 10.6 Å². The molecular weight excluding hydrogens is 362 g/mol. The van der Waals surface area contributed by atoms with Crippen LogP contribution in [0.25, 0.3) is 0 Å². The van der Waals surface area contributed by atoms with E-state index in [0.717, 1.165) is 11.3 Å². The van der Waals surface area contributed by atoms with Gasteiger partial charge in [0.05, 0.1) is 6.42 Å². The van der Waals surface area contributed by atoms with Gasteiger partial charge in [-0.2, -0.15) is 0 Å². The zero-order valence-corrected chi connectivity index (χ0v) is 15.0. The van der Waals surface area contributed by atoms with Crippen LogP contribution in [0.1, 0.15) is 11.1 Å². The van der Waals surface area contributed by atoms with E-state index in [2.05, 4.69) is 10.6 Å². The molecule has 3 aromatic rings. The maximum absolute atomic E-state index is 12.1. The molecule has 0 radical (unpaired) electrons. The maximum Gasteiger partial charge on any atom is 0.337 e. The van der Waals surface area contributed by atoms with Crippen molar-refractivity contribution in [3.63, 3.8) is 0 Å². The fraction of sp³-hybridized carbons (Fsp3) is 0.100.